The SMILES string of the molecule is CC1(C)c2ccccc2-c2cc(Nc3ccc4c(c3)C(C)(C)c3ccccc3-4)ccc21. The van der Waals surface area contributed by atoms with Gasteiger partial charge in [0.05, 0.1) is 0 Å². The molecule has 0 saturated heterocycles. The monoisotopic (exact) mass is 401 g/mol. The van der Waals surface area contributed by atoms with Crippen molar-refractivity contribution < 1.29 is 0 Å². The fourth-order valence-corrected chi connectivity index (χ4v) is 5.75. The second kappa shape index (κ2) is 6.11. The van der Waals surface area contributed by atoms with E-state index in [1.165, 1.54) is 44.5 Å². The molecule has 152 valence electrons. The zero-order chi connectivity index (χ0) is 21.4. The van der Waals surface area contributed by atoms with Gasteiger partial charge >= 0.3 is 0 Å². The smallest absolute Gasteiger partial charge is 0.0390 e. The van der Waals surface area contributed by atoms with E-state index >= 15 is 0 Å². The van der Waals surface area contributed by atoms with Gasteiger partial charge in [0, 0.05) is 22.2 Å². The molecule has 0 atom stereocenters. The Morgan fingerprint density at radius 3 is 1.65 bits per heavy atom. The van der Waals surface area contributed by atoms with Crippen molar-refractivity contribution in [2.45, 2.75) is 38.5 Å². The maximum Gasteiger partial charge on any atom is 0.0390 e. The van der Waals surface area contributed by atoms with Crippen molar-refractivity contribution in [2.24, 2.45) is 0 Å². The molecule has 1 N–H and O–H groups in total. The number of rotatable bonds is 2. The number of hydrogen-bond acceptors (Lipinski definition) is 1. The fourth-order valence-electron chi connectivity index (χ4n) is 5.75. The van der Waals surface area contributed by atoms with Crippen molar-refractivity contribution in [1.29, 1.82) is 0 Å². The van der Waals surface area contributed by atoms with Crippen molar-refractivity contribution in [3.63, 3.8) is 0 Å². The molecule has 0 amide bonds. The Kier molecular flexibility index (Phi) is 3.63. The predicted octanol–water partition coefficient (Wildman–Crippen LogP) is 8.04. The summed E-state index contributed by atoms with van der Waals surface area (Å²) in [4.78, 5) is 0. The first-order valence-electron chi connectivity index (χ1n) is 11.1. The molecule has 1 nitrogen and oxygen atoms in total. The van der Waals surface area contributed by atoms with Gasteiger partial charge in [-0.1, -0.05) is 88.4 Å². The van der Waals surface area contributed by atoms with Crippen LogP contribution in [0.1, 0.15) is 49.9 Å². The Hall–Kier alpha value is -3.32. The van der Waals surface area contributed by atoms with Gasteiger partial charge in [0.15, 0.2) is 0 Å². The Balaban J connectivity index is 1.40. The van der Waals surface area contributed by atoms with Crippen LogP contribution in [0.2, 0.25) is 0 Å². The quantitative estimate of drug-likeness (QED) is 0.358. The van der Waals surface area contributed by atoms with Crippen molar-refractivity contribution in [2.75, 3.05) is 5.32 Å². The van der Waals surface area contributed by atoms with Crippen LogP contribution < -0.4 is 5.32 Å². The normalized spacial score (nSPS) is 16.3. The first-order valence-corrected chi connectivity index (χ1v) is 11.1. The van der Waals surface area contributed by atoms with E-state index in [0.29, 0.717) is 0 Å². The topological polar surface area (TPSA) is 12.0 Å². The highest BCUT2D eigenvalue weighted by Gasteiger charge is 2.36. The second-order valence-electron chi connectivity index (χ2n) is 9.99. The van der Waals surface area contributed by atoms with Gasteiger partial charge in [0.2, 0.25) is 0 Å². The molecule has 0 aromatic heterocycles. The molecule has 0 bridgehead atoms. The molecule has 0 aliphatic heterocycles. The summed E-state index contributed by atoms with van der Waals surface area (Å²) in [5.74, 6) is 0. The van der Waals surface area contributed by atoms with Crippen LogP contribution in [-0.4, -0.2) is 0 Å². The minimum absolute atomic E-state index is 0.0184. The highest BCUT2D eigenvalue weighted by atomic mass is 14.9. The average Bonchev–Trinajstić information content (AvgIpc) is 3.14. The van der Waals surface area contributed by atoms with Crippen LogP contribution in [0.25, 0.3) is 22.3 Å². The van der Waals surface area contributed by atoms with E-state index in [-0.39, 0.29) is 10.8 Å². The predicted molar refractivity (Wildman–Crippen MR) is 131 cm³/mol. The number of anilines is 2. The lowest BCUT2D eigenvalue weighted by Gasteiger charge is -2.22. The molecule has 0 heterocycles. The van der Waals surface area contributed by atoms with Gasteiger partial charge in [-0.2, -0.15) is 0 Å². The van der Waals surface area contributed by atoms with E-state index < -0.39 is 0 Å². The highest BCUT2D eigenvalue weighted by Crippen LogP contribution is 2.51. The summed E-state index contributed by atoms with van der Waals surface area (Å²) >= 11 is 0. The summed E-state index contributed by atoms with van der Waals surface area (Å²) in [7, 11) is 0. The molecule has 0 spiro atoms. The standard InChI is InChI=1S/C30H27N/c1-29(2)26-12-8-6-10-22(26)24-17-19(14-16-27(24)29)31-20-13-15-23-21-9-5-7-11-25(21)30(3,4)28(23)18-20/h5-18,31H,1-4H3. The van der Waals surface area contributed by atoms with Crippen LogP contribution in [0.3, 0.4) is 0 Å². The van der Waals surface area contributed by atoms with E-state index in [1.807, 2.05) is 0 Å². The Labute approximate surface area is 184 Å². The Bertz CT molecular complexity index is 1360. The minimum atomic E-state index is 0.0184. The second-order valence-corrected chi connectivity index (χ2v) is 9.99. The van der Waals surface area contributed by atoms with E-state index in [2.05, 4.69) is 118 Å². The largest absolute Gasteiger partial charge is 0.355 e. The van der Waals surface area contributed by atoms with E-state index in [0.717, 1.165) is 11.4 Å². The molecule has 0 saturated carbocycles. The van der Waals surface area contributed by atoms with Crippen LogP contribution in [-0.2, 0) is 10.8 Å². The first-order chi connectivity index (χ1) is 14.9. The lowest BCUT2D eigenvalue weighted by atomic mass is 9.82. The van der Waals surface area contributed by atoms with Crippen molar-refractivity contribution in [3.05, 3.63) is 107 Å². The summed E-state index contributed by atoms with van der Waals surface area (Å²) in [5.41, 5.74) is 13.4. The van der Waals surface area contributed by atoms with Gasteiger partial charge in [-0.15, -0.1) is 0 Å². The number of hydrogen-bond donors (Lipinski definition) is 1. The van der Waals surface area contributed by atoms with Gasteiger partial charge in [0.1, 0.15) is 0 Å². The molecule has 4 aromatic carbocycles. The van der Waals surface area contributed by atoms with E-state index in [4.69, 9.17) is 0 Å². The number of benzene rings is 4. The summed E-state index contributed by atoms with van der Waals surface area (Å²) < 4.78 is 0. The van der Waals surface area contributed by atoms with Gasteiger partial charge in [-0.3, -0.25) is 0 Å². The van der Waals surface area contributed by atoms with Gasteiger partial charge in [-0.25, -0.2) is 0 Å². The molecular weight excluding hydrogens is 374 g/mol. The summed E-state index contributed by atoms with van der Waals surface area (Å²) in [6, 6.07) is 31.3. The zero-order valence-electron chi connectivity index (χ0n) is 18.6. The third-order valence-corrected chi connectivity index (χ3v) is 7.46. The fraction of sp³-hybridized carbons (Fsp3) is 0.200. The summed E-state index contributed by atoms with van der Waals surface area (Å²) in [6.45, 7) is 9.31. The molecule has 2 aliphatic rings. The molecule has 4 aromatic rings. The van der Waals surface area contributed by atoms with Gasteiger partial charge in [-0.05, 0) is 68.8 Å². The lowest BCUT2D eigenvalue weighted by Crippen LogP contribution is -2.15. The molecule has 31 heavy (non-hydrogen) atoms. The summed E-state index contributed by atoms with van der Waals surface area (Å²) in [5, 5.41) is 3.69. The zero-order valence-corrected chi connectivity index (χ0v) is 18.6. The van der Waals surface area contributed by atoms with Crippen molar-refractivity contribution >= 4 is 11.4 Å². The lowest BCUT2D eigenvalue weighted by molar-refractivity contribution is 0.660. The minimum Gasteiger partial charge on any atom is -0.355 e. The average molecular weight is 402 g/mol. The van der Waals surface area contributed by atoms with Crippen LogP contribution in [0.15, 0.2) is 84.9 Å². The van der Waals surface area contributed by atoms with Crippen molar-refractivity contribution in [1.82, 2.24) is 0 Å². The molecule has 6 rings (SSSR count). The molecular formula is C30H27N. The third-order valence-electron chi connectivity index (χ3n) is 7.46. The maximum absolute atomic E-state index is 3.69. The Morgan fingerprint density at radius 1 is 0.452 bits per heavy atom. The van der Waals surface area contributed by atoms with Crippen LogP contribution in [0, 0.1) is 0 Å². The van der Waals surface area contributed by atoms with Crippen LogP contribution >= 0.6 is 0 Å². The molecule has 0 radical (unpaired) electrons. The summed E-state index contributed by atoms with van der Waals surface area (Å²) in [6.07, 6.45) is 0. The van der Waals surface area contributed by atoms with Gasteiger partial charge < -0.3 is 5.32 Å². The number of fused-ring (bicyclic) bond motifs is 6. The Morgan fingerprint density at radius 2 is 0.935 bits per heavy atom. The first kappa shape index (κ1) is 18.4. The molecule has 1 heteroatoms. The molecule has 0 unspecified atom stereocenters. The van der Waals surface area contributed by atoms with Crippen LogP contribution in [0.5, 0.6) is 0 Å². The molecule has 2 aliphatic carbocycles. The maximum atomic E-state index is 3.69. The van der Waals surface area contributed by atoms with E-state index in [9.17, 15) is 0 Å². The number of nitrogens with one attached hydrogen (secondary N) is 1. The van der Waals surface area contributed by atoms with Gasteiger partial charge in [0.25, 0.3) is 0 Å². The van der Waals surface area contributed by atoms with E-state index in [1.54, 1.807) is 0 Å². The van der Waals surface area contributed by atoms with Crippen LogP contribution in [0.4, 0.5) is 11.4 Å². The third kappa shape index (κ3) is 2.50. The van der Waals surface area contributed by atoms with Crippen molar-refractivity contribution in [3.8, 4) is 22.3 Å². The molecule has 0 fully saturated rings. The highest BCUT2D eigenvalue weighted by molar-refractivity contribution is 5.85.